The highest BCUT2D eigenvalue weighted by Gasteiger charge is 2.05. The SMILES string of the molecule is CCC(Br)CCNC(=O)Cc1ccc(OC)cc1. The van der Waals surface area contributed by atoms with E-state index < -0.39 is 0 Å². The second kappa shape index (κ2) is 8.14. The van der Waals surface area contributed by atoms with Gasteiger partial charge >= 0.3 is 0 Å². The summed E-state index contributed by atoms with van der Waals surface area (Å²) in [6, 6.07) is 7.57. The summed E-state index contributed by atoms with van der Waals surface area (Å²) >= 11 is 3.54. The van der Waals surface area contributed by atoms with Crippen LogP contribution in [0.25, 0.3) is 0 Å². The van der Waals surface area contributed by atoms with Crippen LogP contribution in [-0.2, 0) is 11.2 Å². The molecule has 0 fully saturated rings. The first-order valence-corrected chi connectivity index (χ1v) is 7.11. The second-order valence-electron chi connectivity index (χ2n) is 4.17. The molecule has 1 aromatic rings. The van der Waals surface area contributed by atoms with Crippen LogP contribution < -0.4 is 10.1 Å². The lowest BCUT2D eigenvalue weighted by atomic mass is 10.1. The molecule has 0 radical (unpaired) electrons. The summed E-state index contributed by atoms with van der Waals surface area (Å²) in [4.78, 5) is 12.2. The molecule has 0 bridgehead atoms. The van der Waals surface area contributed by atoms with Gasteiger partial charge in [-0.15, -0.1) is 0 Å². The van der Waals surface area contributed by atoms with Gasteiger partial charge in [-0.05, 0) is 30.5 Å². The molecule has 0 aliphatic carbocycles. The molecule has 18 heavy (non-hydrogen) atoms. The van der Waals surface area contributed by atoms with Crippen molar-refractivity contribution in [3.8, 4) is 5.75 Å². The van der Waals surface area contributed by atoms with Gasteiger partial charge in [0.1, 0.15) is 5.75 Å². The highest BCUT2D eigenvalue weighted by atomic mass is 79.9. The molecule has 1 aromatic carbocycles. The van der Waals surface area contributed by atoms with Gasteiger partial charge in [0.15, 0.2) is 0 Å². The molecule has 1 rings (SSSR count). The van der Waals surface area contributed by atoms with Crippen molar-refractivity contribution in [2.75, 3.05) is 13.7 Å². The van der Waals surface area contributed by atoms with E-state index in [9.17, 15) is 4.79 Å². The zero-order valence-electron chi connectivity index (χ0n) is 10.9. The third kappa shape index (κ3) is 5.54. The van der Waals surface area contributed by atoms with Gasteiger partial charge in [-0.3, -0.25) is 4.79 Å². The van der Waals surface area contributed by atoms with Crippen molar-refractivity contribution < 1.29 is 9.53 Å². The minimum atomic E-state index is 0.0657. The maximum atomic E-state index is 11.7. The minimum absolute atomic E-state index is 0.0657. The van der Waals surface area contributed by atoms with Gasteiger partial charge in [-0.25, -0.2) is 0 Å². The number of halogens is 1. The zero-order chi connectivity index (χ0) is 13.4. The molecular formula is C14H20BrNO2. The van der Waals surface area contributed by atoms with Gasteiger partial charge < -0.3 is 10.1 Å². The molecule has 1 unspecified atom stereocenters. The summed E-state index contributed by atoms with van der Waals surface area (Å²) in [5.41, 5.74) is 0.999. The fraction of sp³-hybridized carbons (Fsp3) is 0.500. The Morgan fingerprint density at radius 2 is 2.06 bits per heavy atom. The van der Waals surface area contributed by atoms with Crippen molar-refractivity contribution >= 4 is 21.8 Å². The van der Waals surface area contributed by atoms with Gasteiger partial charge in [0.25, 0.3) is 0 Å². The average Bonchev–Trinajstić information content (AvgIpc) is 2.39. The van der Waals surface area contributed by atoms with Crippen LogP contribution in [0.15, 0.2) is 24.3 Å². The number of carbonyl (C=O) groups excluding carboxylic acids is 1. The van der Waals surface area contributed by atoms with Crippen molar-refractivity contribution in [2.45, 2.75) is 31.0 Å². The molecule has 0 aromatic heterocycles. The number of ether oxygens (including phenoxy) is 1. The molecule has 4 heteroatoms. The second-order valence-corrected chi connectivity index (χ2v) is 5.46. The number of amides is 1. The van der Waals surface area contributed by atoms with E-state index in [0.29, 0.717) is 11.2 Å². The molecule has 0 spiro atoms. The highest BCUT2D eigenvalue weighted by molar-refractivity contribution is 9.09. The van der Waals surface area contributed by atoms with E-state index in [1.807, 2.05) is 24.3 Å². The quantitative estimate of drug-likeness (QED) is 0.786. The van der Waals surface area contributed by atoms with E-state index in [0.717, 1.165) is 30.7 Å². The van der Waals surface area contributed by atoms with Crippen LogP contribution in [0.5, 0.6) is 5.75 Å². The van der Waals surface area contributed by atoms with E-state index in [1.165, 1.54) is 0 Å². The molecule has 3 nitrogen and oxygen atoms in total. The van der Waals surface area contributed by atoms with Crippen LogP contribution in [0.4, 0.5) is 0 Å². The number of methoxy groups -OCH3 is 1. The van der Waals surface area contributed by atoms with Crippen molar-refractivity contribution in [2.24, 2.45) is 0 Å². The number of rotatable bonds is 7. The van der Waals surface area contributed by atoms with Crippen LogP contribution >= 0.6 is 15.9 Å². The maximum absolute atomic E-state index is 11.7. The molecule has 0 saturated carbocycles. The summed E-state index contributed by atoms with van der Waals surface area (Å²) < 4.78 is 5.07. The Hall–Kier alpha value is -1.03. The largest absolute Gasteiger partial charge is 0.497 e. The predicted molar refractivity (Wildman–Crippen MR) is 77.3 cm³/mol. The summed E-state index contributed by atoms with van der Waals surface area (Å²) in [6.07, 6.45) is 2.46. The standard InChI is InChI=1S/C14H20BrNO2/c1-3-12(15)8-9-16-14(17)10-11-4-6-13(18-2)7-5-11/h4-7,12H,3,8-10H2,1-2H3,(H,16,17). The van der Waals surface area contributed by atoms with E-state index in [2.05, 4.69) is 28.2 Å². The lowest BCUT2D eigenvalue weighted by Crippen LogP contribution is -2.27. The topological polar surface area (TPSA) is 38.3 Å². The Labute approximate surface area is 117 Å². The van der Waals surface area contributed by atoms with Crippen LogP contribution in [0.3, 0.4) is 0 Å². The predicted octanol–water partition coefficient (Wildman–Crippen LogP) is 2.92. The molecular weight excluding hydrogens is 294 g/mol. The van der Waals surface area contributed by atoms with Crippen molar-refractivity contribution in [1.29, 1.82) is 0 Å². The fourth-order valence-corrected chi connectivity index (χ4v) is 1.79. The third-order valence-corrected chi connectivity index (χ3v) is 3.85. The fourth-order valence-electron chi connectivity index (χ4n) is 1.56. The lowest BCUT2D eigenvalue weighted by molar-refractivity contribution is -0.120. The number of alkyl halides is 1. The Morgan fingerprint density at radius 3 is 2.61 bits per heavy atom. The zero-order valence-corrected chi connectivity index (χ0v) is 12.5. The molecule has 0 aliphatic rings. The molecule has 100 valence electrons. The minimum Gasteiger partial charge on any atom is -0.497 e. The van der Waals surface area contributed by atoms with Crippen molar-refractivity contribution in [1.82, 2.24) is 5.32 Å². The normalized spacial score (nSPS) is 11.9. The first-order chi connectivity index (χ1) is 8.65. The highest BCUT2D eigenvalue weighted by Crippen LogP contribution is 2.11. The van der Waals surface area contributed by atoms with E-state index in [4.69, 9.17) is 4.74 Å². The maximum Gasteiger partial charge on any atom is 0.224 e. The van der Waals surface area contributed by atoms with Crippen molar-refractivity contribution in [3.63, 3.8) is 0 Å². The first kappa shape index (κ1) is 15.0. The lowest BCUT2D eigenvalue weighted by Gasteiger charge is -2.08. The number of benzene rings is 1. The van der Waals surface area contributed by atoms with E-state index >= 15 is 0 Å². The average molecular weight is 314 g/mol. The Kier molecular flexibility index (Phi) is 6.80. The Balaban J connectivity index is 2.30. The van der Waals surface area contributed by atoms with Crippen LogP contribution in [0.1, 0.15) is 25.3 Å². The smallest absolute Gasteiger partial charge is 0.224 e. The number of nitrogens with one attached hydrogen (secondary N) is 1. The third-order valence-electron chi connectivity index (χ3n) is 2.75. The Bertz CT molecular complexity index is 365. The Morgan fingerprint density at radius 1 is 1.39 bits per heavy atom. The molecule has 1 amide bonds. The summed E-state index contributed by atoms with van der Waals surface area (Å²) in [5.74, 6) is 0.875. The summed E-state index contributed by atoms with van der Waals surface area (Å²) in [7, 11) is 1.63. The molecule has 0 aliphatic heterocycles. The van der Waals surface area contributed by atoms with Gasteiger partial charge in [0.05, 0.1) is 13.5 Å². The molecule has 0 heterocycles. The summed E-state index contributed by atoms with van der Waals surface area (Å²) in [5, 5.41) is 2.92. The molecule has 1 N–H and O–H groups in total. The van der Waals surface area contributed by atoms with Gasteiger partial charge in [-0.1, -0.05) is 35.0 Å². The van der Waals surface area contributed by atoms with Crippen LogP contribution in [0, 0.1) is 0 Å². The molecule has 1 atom stereocenters. The number of carbonyl (C=O) groups is 1. The van der Waals surface area contributed by atoms with Crippen LogP contribution in [0.2, 0.25) is 0 Å². The van der Waals surface area contributed by atoms with Gasteiger partial charge in [-0.2, -0.15) is 0 Å². The number of hydrogen-bond acceptors (Lipinski definition) is 2. The van der Waals surface area contributed by atoms with Crippen molar-refractivity contribution in [3.05, 3.63) is 29.8 Å². The van der Waals surface area contributed by atoms with E-state index in [1.54, 1.807) is 7.11 Å². The summed E-state index contributed by atoms with van der Waals surface area (Å²) in [6.45, 7) is 2.84. The first-order valence-electron chi connectivity index (χ1n) is 6.19. The van der Waals surface area contributed by atoms with Gasteiger partial charge in [0, 0.05) is 11.4 Å². The van der Waals surface area contributed by atoms with Crippen LogP contribution in [-0.4, -0.2) is 24.4 Å². The molecule has 0 saturated heterocycles. The van der Waals surface area contributed by atoms with E-state index in [-0.39, 0.29) is 5.91 Å². The monoisotopic (exact) mass is 313 g/mol. The van der Waals surface area contributed by atoms with Gasteiger partial charge in [0.2, 0.25) is 5.91 Å². The number of hydrogen-bond donors (Lipinski definition) is 1.